The topological polar surface area (TPSA) is 32.3 Å². The highest BCUT2D eigenvalue weighted by Gasteiger charge is 2.35. The number of nitrogens with zero attached hydrogens (tertiary/aromatic N) is 1. The Balaban J connectivity index is 2.43. The standard InChI is InChI=1S/C12H24N2O/c1-10(2)9-13-11(15)12(3)5-7-14(4)8-6-12/h10H,5-9H2,1-4H3,(H,13,15). The highest BCUT2D eigenvalue weighted by atomic mass is 16.2. The summed E-state index contributed by atoms with van der Waals surface area (Å²) in [5.74, 6) is 0.771. The van der Waals surface area contributed by atoms with Crippen LogP contribution in [-0.4, -0.2) is 37.5 Å². The second-order valence-corrected chi connectivity index (χ2v) is 5.47. The number of hydrogen-bond donors (Lipinski definition) is 1. The highest BCUT2D eigenvalue weighted by molar-refractivity contribution is 5.82. The molecule has 0 aromatic heterocycles. The lowest BCUT2D eigenvalue weighted by Crippen LogP contribution is -2.46. The van der Waals surface area contributed by atoms with Gasteiger partial charge < -0.3 is 10.2 Å². The fourth-order valence-electron chi connectivity index (χ4n) is 1.85. The number of hydrogen-bond acceptors (Lipinski definition) is 2. The Morgan fingerprint density at radius 1 is 1.40 bits per heavy atom. The van der Waals surface area contributed by atoms with Gasteiger partial charge in [-0.05, 0) is 38.9 Å². The summed E-state index contributed by atoms with van der Waals surface area (Å²) in [6.07, 6.45) is 1.96. The van der Waals surface area contributed by atoms with Crippen molar-refractivity contribution in [1.29, 1.82) is 0 Å². The molecule has 0 atom stereocenters. The third-order valence-corrected chi connectivity index (χ3v) is 3.31. The van der Waals surface area contributed by atoms with Crippen molar-refractivity contribution in [3.05, 3.63) is 0 Å². The van der Waals surface area contributed by atoms with E-state index in [0.717, 1.165) is 32.5 Å². The molecule has 88 valence electrons. The van der Waals surface area contributed by atoms with Crippen molar-refractivity contribution in [3.63, 3.8) is 0 Å². The molecule has 1 rings (SSSR count). The first-order valence-corrected chi connectivity index (χ1v) is 5.91. The molecule has 0 aliphatic carbocycles. The van der Waals surface area contributed by atoms with Crippen LogP contribution in [0.3, 0.4) is 0 Å². The maximum atomic E-state index is 12.0. The van der Waals surface area contributed by atoms with E-state index in [1.165, 1.54) is 0 Å². The maximum Gasteiger partial charge on any atom is 0.226 e. The second kappa shape index (κ2) is 4.97. The Hall–Kier alpha value is -0.570. The number of rotatable bonds is 3. The molecule has 0 bridgehead atoms. The van der Waals surface area contributed by atoms with E-state index in [-0.39, 0.29) is 11.3 Å². The fourth-order valence-corrected chi connectivity index (χ4v) is 1.85. The average Bonchev–Trinajstić information content (AvgIpc) is 2.19. The van der Waals surface area contributed by atoms with Gasteiger partial charge in [-0.15, -0.1) is 0 Å². The van der Waals surface area contributed by atoms with Crippen LogP contribution in [0.4, 0.5) is 0 Å². The third-order valence-electron chi connectivity index (χ3n) is 3.31. The van der Waals surface area contributed by atoms with Crippen LogP contribution in [0, 0.1) is 11.3 Å². The van der Waals surface area contributed by atoms with Gasteiger partial charge in [0.25, 0.3) is 0 Å². The summed E-state index contributed by atoms with van der Waals surface area (Å²) < 4.78 is 0. The van der Waals surface area contributed by atoms with Gasteiger partial charge in [0, 0.05) is 12.0 Å². The van der Waals surface area contributed by atoms with Crippen molar-refractivity contribution in [1.82, 2.24) is 10.2 Å². The van der Waals surface area contributed by atoms with Crippen LogP contribution in [0.2, 0.25) is 0 Å². The summed E-state index contributed by atoms with van der Waals surface area (Å²) in [6.45, 7) is 9.20. The Kier molecular flexibility index (Phi) is 4.14. The fraction of sp³-hybridized carbons (Fsp3) is 0.917. The van der Waals surface area contributed by atoms with Crippen molar-refractivity contribution in [3.8, 4) is 0 Å². The first-order valence-electron chi connectivity index (χ1n) is 5.91. The first kappa shape index (κ1) is 12.5. The molecule has 1 saturated heterocycles. The number of nitrogens with one attached hydrogen (secondary N) is 1. The molecule has 1 N–H and O–H groups in total. The predicted molar refractivity (Wildman–Crippen MR) is 62.7 cm³/mol. The van der Waals surface area contributed by atoms with Gasteiger partial charge in [0.1, 0.15) is 0 Å². The molecule has 1 fully saturated rings. The summed E-state index contributed by atoms with van der Waals surface area (Å²) in [5, 5.41) is 3.05. The first-order chi connectivity index (χ1) is 6.94. The summed E-state index contributed by atoms with van der Waals surface area (Å²) in [4.78, 5) is 14.3. The van der Waals surface area contributed by atoms with Crippen LogP contribution in [0.25, 0.3) is 0 Å². The number of amides is 1. The Labute approximate surface area is 93.2 Å². The van der Waals surface area contributed by atoms with Crippen LogP contribution in [0.1, 0.15) is 33.6 Å². The molecular formula is C12H24N2O. The molecule has 15 heavy (non-hydrogen) atoms. The Bertz CT molecular complexity index is 218. The van der Waals surface area contributed by atoms with Crippen LogP contribution < -0.4 is 5.32 Å². The van der Waals surface area contributed by atoms with Gasteiger partial charge in [0.2, 0.25) is 5.91 Å². The van der Waals surface area contributed by atoms with Crippen molar-refractivity contribution in [2.45, 2.75) is 33.6 Å². The number of likely N-dealkylation sites (tertiary alicyclic amines) is 1. The molecule has 0 spiro atoms. The van der Waals surface area contributed by atoms with E-state index in [2.05, 4.69) is 38.0 Å². The number of piperidine rings is 1. The molecule has 0 radical (unpaired) electrons. The summed E-state index contributed by atoms with van der Waals surface area (Å²) in [5.41, 5.74) is -0.137. The average molecular weight is 212 g/mol. The Morgan fingerprint density at radius 3 is 2.40 bits per heavy atom. The van der Waals surface area contributed by atoms with Crippen molar-refractivity contribution >= 4 is 5.91 Å². The maximum absolute atomic E-state index is 12.0. The molecule has 0 aromatic carbocycles. The van der Waals surface area contributed by atoms with Crippen molar-refractivity contribution in [2.24, 2.45) is 11.3 Å². The number of carbonyl (C=O) groups is 1. The third kappa shape index (κ3) is 3.49. The van der Waals surface area contributed by atoms with Crippen LogP contribution >= 0.6 is 0 Å². The van der Waals surface area contributed by atoms with Crippen LogP contribution in [-0.2, 0) is 4.79 Å². The minimum Gasteiger partial charge on any atom is -0.355 e. The van der Waals surface area contributed by atoms with E-state index >= 15 is 0 Å². The molecule has 1 aliphatic rings. The lowest BCUT2D eigenvalue weighted by Gasteiger charge is -2.36. The van der Waals surface area contributed by atoms with Gasteiger partial charge in [-0.3, -0.25) is 4.79 Å². The van der Waals surface area contributed by atoms with Gasteiger partial charge in [-0.25, -0.2) is 0 Å². The minimum absolute atomic E-state index is 0.137. The Morgan fingerprint density at radius 2 is 1.93 bits per heavy atom. The number of carbonyl (C=O) groups excluding carboxylic acids is 1. The zero-order valence-electron chi connectivity index (χ0n) is 10.5. The van der Waals surface area contributed by atoms with Gasteiger partial charge >= 0.3 is 0 Å². The summed E-state index contributed by atoms with van der Waals surface area (Å²) in [7, 11) is 2.12. The zero-order chi connectivity index (χ0) is 11.5. The highest BCUT2D eigenvalue weighted by Crippen LogP contribution is 2.30. The molecule has 0 aromatic rings. The van der Waals surface area contributed by atoms with Crippen LogP contribution in [0.15, 0.2) is 0 Å². The molecule has 3 nitrogen and oxygen atoms in total. The van der Waals surface area contributed by atoms with E-state index in [0.29, 0.717) is 5.92 Å². The van der Waals surface area contributed by atoms with E-state index < -0.39 is 0 Å². The SMILES string of the molecule is CC(C)CNC(=O)C1(C)CCN(C)CC1. The normalized spacial score (nSPS) is 21.7. The smallest absolute Gasteiger partial charge is 0.226 e. The largest absolute Gasteiger partial charge is 0.355 e. The minimum atomic E-state index is -0.137. The molecule has 1 aliphatic heterocycles. The summed E-state index contributed by atoms with van der Waals surface area (Å²) in [6, 6.07) is 0. The summed E-state index contributed by atoms with van der Waals surface area (Å²) >= 11 is 0. The molecule has 1 heterocycles. The molecular weight excluding hydrogens is 188 g/mol. The van der Waals surface area contributed by atoms with E-state index in [1.54, 1.807) is 0 Å². The van der Waals surface area contributed by atoms with Gasteiger partial charge in [-0.1, -0.05) is 20.8 Å². The lowest BCUT2D eigenvalue weighted by atomic mass is 9.79. The monoisotopic (exact) mass is 212 g/mol. The van der Waals surface area contributed by atoms with Gasteiger partial charge in [0.15, 0.2) is 0 Å². The van der Waals surface area contributed by atoms with Crippen LogP contribution in [0.5, 0.6) is 0 Å². The van der Waals surface area contributed by atoms with E-state index in [9.17, 15) is 4.79 Å². The van der Waals surface area contributed by atoms with Crippen molar-refractivity contribution < 1.29 is 4.79 Å². The van der Waals surface area contributed by atoms with E-state index in [1.807, 2.05) is 0 Å². The molecule has 0 saturated carbocycles. The molecule has 0 unspecified atom stereocenters. The van der Waals surface area contributed by atoms with Gasteiger partial charge in [0.05, 0.1) is 0 Å². The second-order valence-electron chi connectivity index (χ2n) is 5.47. The van der Waals surface area contributed by atoms with Gasteiger partial charge in [-0.2, -0.15) is 0 Å². The predicted octanol–water partition coefficient (Wildman–Crippen LogP) is 1.49. The molecule has 1 amide bonds. The van der Waals surface area contributed by atoms with Crippen molar-refractivity contribution in [2.75, 3.05) is 26.7 Å². The zero-order valence-corrected chi connectivity index (χ0v) is 10.5. The van der Waals surface area contributed by atoms with E-state index in [4.69, 9.17) is 0 Å². The quantitative estimate of drug-likeness (QED) is 0.768. The lowest BCUT2D eigenvalue weighted by molar-refractivity contribution is -0.132. The molecule has 3 heteroatoms.